The van der Waals surface area contributed by atoms with Crippen LogP contribution in [-0.4, -0.2) is 88.3 Å². The van der Waals surface area contributed by atoms with Crippen molar-refractivity contribution in [2.24, 2.45) is 23.7 Å². The topological polar surface area (TPSA) is 95.8 Å². The molecule has 0 spiro atoms. The minimum absolute atomic E-state index is 0.163. The van der Waals surface area contributed by atoms with Crippen LogP contribution in [0.3, 0.4) is 0 Å². The molecule has 2 N–H and O–H groups in total. The van der Waals surface area contributed by atoms with Gasteiger partial charge in [0.05, 0.1) is 12.2 Å². The zero-order chi connectivity index (χ0) is 42.7. The summed E-state index contributed by atoms with van der Waals surface area (Å²) in [5, 5.41) is 21.6. The number of aliphatic hydroxyl groups excluding tert-OH is 2. The summed E-state index contributed by atoms with van der Waals surface area (Å²) >= 11 is 0. The molecule has 2 fully saturated rings. The van der Waals surface area contributed by atoms with Crippen LogP contribution in [-0.2, 0) is 27.8 Å². The zero-order valence-corrected chi connectivity index (χ0v) is 41.1. The molecular weight excluding hydrogens is 713 g/mol. The second-order valence-corrected chi connectivity index (χ2v) is 29.4. The predicted octanol–water partition coefficient (Wildman–Crippen LogP) is 10.7. The first kappa shape index (κ1) is 53.4. The third-order valence-corrected chi connectivity index (χ3v) is 20.6. The van der Waals surface area contributed by atoms with Gasteiger partial charge in [0.25, 0.3) is 0 Å². The summed E-state index contributed by atoms with van der Waals surface area (Å²) in [4.78, 5) is 0. The summed E-state index contributed by atoms with van der Waals surface area (Å²) in [6.45, 7) is 48.1. The van der Waals surface area contributed by atoms with E-state index in [1.807, 2.05) is 47.6 Å². The Balaban J connectivity index is 0.000000994. The SMILES string of the molecule is CC.CC(C)[C@H](C)/C=C\C(O)[C@H]1OC(C)(C)O[C@H]1CCO[Si](C)(C)C(C)(C)C.CC(C)[C@H](C)C#CC(O)[C@H]1OC(C)(C)O[C@H]1CCO[Si](C)(C)C(C)(C)C. The Morgan fingerprint density at radius 1 is 0.630 bits per heavy atom. The Labute approximate surface area is 336 Å². The normalized spacial score (nSPS) is 25.3. The van der Waals surface area contributed by atoms with Gasteiger partial charge in [0.15, 0.2) is 28.2 Å². The molecule has 0 aromatic heterocycles. The Morgan fingerprint density at radius 3 is 1.39 bits per heavy atom. The second-order valence-electron chi connectivity index (χ2n) is 19.8. The van der Waals surface area contributed by atoms with E-state index in [2.05, 4.69) is 127 Å². The minimum atomic E-state index is -1.79. The van der Waals surface area contributed by atoms with Gasteiger partial charge >= 0.3 is 0 Å². The molecule has 2 heterocycles. The number of aliphatic hydroxyl groups is 2. The molecule has 10 heteroatoms. The quantitative estimate of drug-likeness (QED) is 0.102. The molecule has 2 rings (SSSR count). The molecule has 0 radical (unpaired) electrons. The lowest BCUT2D eigenvalue weighted by atomic mass is 9.96. The molecule has 2 aliphatic heterocycles. The first-order chi connectivity index (χ1) is 24.3. The van der Waals surface area contributed by atoms with Crippen LogP contribution in [0.1, 0.15) is 137 Å². The van der Waals surface area contributed by atoms with Crippen molar-refractivity contribution in [3.05, 3.63) is 12.2 Å². The van der Waals surface area contributed by atoms with Crippen LogP contribution in [0.15, 0.2) is 12.2 Å². The molecule has 8 atom stereocenters. The van der Waals surface area contributed by atoms with Gasteiger partial charge in [-0.15, -0.1) is 0 Å². The van der Waals surface area contributed by atoms with Gasteiger partial charge in [-0.25, -0.2) is 0 Å². The third kappa shape index (κ3) is 17.9. The smallest absolute Gasteiger partial charge is 0.191 e. The molecule has 0 bridgehead atoms. The van der Waals surface area contributed by atoms with Crippen molar-refractivity contribution in [1.29, 1.82) is 0 Å². The molecular formula is C44H88O8Si2. The van der Waals surface area contributed by atoms with Crippen LogP contribution < -0.4 is 0 Å². The van der Waals surface area contributed by atoms with Crippen LogP contribution in [0.25, 0.3) is 0 Å². The molecule has 8 nitrogen and oxygen atoms in total. The Bertz CT molecular complexity index is 1160. The number of hydrogen-bond acceptors (Lipinski definition) is 8. The number of rotatable bonds is 14. The van der Waals surface area contributed by atoms with Crippen molar-refractivity contribution in [2.75, 3.05) is 13.2 Å². The molecule has 2 saturated heterocycles. The van der Waals surface area contributed by atoms with Gasteiger partial charge in [-0.1, -0.05) is 121 Å². The van der Waals surface area contributed by atoms with Crippen LogP contribution in [0.2, 0.25) is 36.3 Å². The van der Waals surface area contributed by atoms with E-state index in [9.17, 15) is 10.2 Å². The Hall–Kier alpha value is -0.586. The first-order valence-corrected chi connectivity index (χ1v) is 26.7. The lowest BCUT2D eigenvalue weighted by Gasteiger charge is -2.36. The highest BCUT2D eigenvalue weighted by Gasteiger charge is 2.46. The van der Waals surface area contributed by atoms with E-state index < -0.39 is 46.5 Å². The Morgan fingerprint density at radius 2 is 1.02 bits per heavy atom. The monoisotopic (exact) mass is 801 g/mol. The van der Waals surface area contributed by atoms with Crippen molar-refractivity contribution in [3.63, 3.8) is 0 Å². The van der Waals surface area contributed by atoms with Gasteiger partial charge in [0.2, 0.25) is 0 Å². The number of allylic oxidation sites excluding steroid dienone is 1. The van der Waals surface area contributed by atoms with E-state index in [-0.39, 0.29) is 34.3 Å². The maximum absolute atomic E-state index is 10.6. The van der Waals surface area contributed by atoms with E-state index in [0.29, 0.717) is 37.4 Å². The molecule has 2 unspecified atom stereocenters. The van der Waals surface area contributed by atoms with Crippen molar-refractivity contribution in [2.45, 2.75) is 222 Å². The molecule has 0 aromatic rings. The molecule has 0 aromatic carbocycles. The highest BCUT2D eigenvalue weighted by molar-refractivity contribution is 6.74. The van der Waals surface area contributed by atoms with Crippen LogP contribution in [0.5, 0.6) is 0 Å². The second kappa shape index (κ2) is 22.0. The standard InChI is InChI=1S/C21H42O4Si.C21H40O4Si.C2H6/c2*1-15(2)16(3)11-12-17(22)19-18(24-21(7,8)25-19)13-14-23-26(9,10)20(4,5)6;1-2/h11-12,15-19,22H,13-14H2,1-10H3;15-19,22H,13-14H2,1-10H3;1-2H3/b12-11-;;/t2*16-,17?,18+,19-;/m11./s1. The minimum Gasteiger partial charge on any atom is -0.417 e. The summed E-state index contributed by atoms with van der Waals surface area (Å²) in [6, 6.07) is 0. The summed E-state index contributed by atoms with van der Waals surface area (Å²) in [5.41, 5.74) is 0. The van der Waals surface area contributed by atoms with Crippen molar-refractivity contribution in [3.8, 4) is 11.8 Å². The van der Waals surface area contributed by atoms with Gasteiger partial charge in [-0.05, 0) is 94.6 Å². The maximum atomic E-state index is 10.6. The average molecular weight is 801 g/mol. The highest BCUT2D eigenvalue weighted by Crippen LogP contribution is 2.39. The van der Waals surface area contributed by atoms with Crippen molar-refractivity contribution in [1.82, 2.24) is 0 Å². The van der Waals surface area contributed by atoms with Crippen LogP contribution in [0.4, 0.5) is 0 Å². The van der Waals surface area contributed by atoms with E-state index in [1.54, 1.807) is 0 Å². The van der Waals surface area contributed by atoms with E-state index >= 15 is 0 Å². The molecule has 0 aliphatic carbocycles. The molecule has 320 valence electrons. The van der Waals surface area contributed by atoms with E-state index in [1.165, 1.54) is 0 Å². The summed E-state index contributed by atoms with van der Waals surface area (Å²) in [5.74, 6) is 6.39. The highest BCUT2D eigenvalue weighted by atomic mass is 28.4. The van der Waals surface area contributed by atoms with Crippen LogP contribution >= 0.6 is 0 Å². The van der Waals surface area contributed by atoms with E-state index in [0.717, 1.165) is 6.42 Å². The molecule has 0 saturated carbocycles. The fourth-order valence-electron chi connectivity index (χ4n) is 5.11. The third-order valence-electron chi connectivity index (χ3n) is 11.6. The lowest BCUT2D eigenvalue weighted by Crippen LogP contribution is -2.42. The Kier molecular flexibility index (Phi) is 21.7. The van der Waals surface area contributed by atoms with E-state index in [4.69, 9.17) is 27.8 Å². The van der Waals surface area contributed by atoms with Crippen molar-refractivity contribution < 1.29 is 38.0 Å². The molecule has 0 amide bonds. The summed E-state index contributed by atoms with van der Waals surface area (Å²) < 4.78 is 36.6. The van der Waals surface area contributed by atoms with Gasteiger partial charge in [-0.3, -0.25) is 0 Å². The number of hydrogen-bond donors (Lipinski definition) is 2. The summed E-state index contributed by atoms with van der Waals surface area (Å²) in [6.07, 6.45) is 2.66. The maximum Gasteiger partial charge on any atom is 0.191 e. The average Bonchev–Trinajstić information content (AvgIpc) is 3.51. The van der Waals surface area contributed by atoms with Gasteiger partial charge in [0.1, 0.15) is 24.4 Å². The fourth-order valence-corrected chi connectivity index (χ4v) is 7.23. The first-order valence-electron chi connectivity index (χ1n) is 20.9. The summed E-state index contributed by atoms with van der Waals surface area (Å²) in [7, 11) is -3.57. The lowest BCUT2D eigenvalue weighted by molar-refractivity contribution is -0.153. The van der Waals surface area contributed by atoms with Gasteiger partial charge < -0.3 is 38.0 Å². The van der Waals surface area contributed by atoms with Crippen molar-refractivity contribution >= 4 is 16.6 Å². The zero-order valence-electron chi connectivity index (χ0n) is 39.1. The van der Waals surface area contributed by atoms with Gasteiger partial charge in [0, 0.05) is 19.1 Å². The number of ether oxygens (including phenoxy) is 4. The molecule has 2 aliphatic rings. The molecule has 54 heavy (non-hydrogen) atoms. The fraction of sp³-hybridized carbons (Fsp3) is 0.909. The predicted molar refractivity (Wildman–Crippen MR) is 231 cm³/mol. The van der Waals surface area contributed by atoms with Crippen LogP contribution in [0, 0.1) is 35.5 Å². The van der Waals surface area contributed by atoms with Gasteiger partial charge in [-0.2, -0.15) is 0 Å². The largest absolute Gasteiger partial charge is 0.417 e.